The van der Waals surface area contributed by atoms with E-state index in [9.17, 15) is 0 Å². The van der Waals surface area contributed by atoms with E-state index >= 15 is 0 Å². The molecule has 1 aliphatic rings. The predicted molar refractivity (Wildman–Crippen MR) is 71.7 cm³/mol. The Kier molecular flexibility index (Phi) is 4.21. The van der Waals surface area contributed by atoms with Crippen LogP contribution >= 0.6 is 22.6 Å². The van der Waals surface area contributed by atoms with Crippen molar-refractivity contribution in [3.05, 3.63) is 15.0 Å². The summed E-state index contributed by atoms with van der Waals surface area (Å²) in [7, 11) is 0. The highest BCUT2D eigenvalue weighted by molar-refractivity contribution is 14.1. The Morgan fingerprint density at radius 3 is 2.50 bits per heavy atom. The van der Waals surface area contributed by atoms with Gasteiger partial charge in [-0.2, -0.15) is 5.10 Å². The summed E-state index contributed by atoms with van der Waals surface area (Å²) in [5, 5.41) is 4.55. The van der Waals surface area contributed by atoms with Gasteiger partial charge < -0.3 is 4.74 Å². The fourth-order valence-electron chi connectivity index (χ4n) is 1.95. The molecule has 1 aromatic heterocycles. The van der Waals surface area contributed by atoms with Gasteiger partial charge in [-0.1, -0.05) is 0 Å². The van der Waals surface area contributed by atoms with E-state index in [1.165, 1.54) is 9.26 Å². The first-order valence-electron chi connectivity index (χ1n) is 5.68. The van der Waals surface area contributed by atoms with Crippen LogP contribution in [0.5, 0.6) is 0 Å². The number of ether oxygens (including phenoxy) is 1. The molecule has 4 nitrogen and oxygen atoms in total. The van der Waals surface area contributed by atoms with Gasteiger partial charge >= 0.3 is 0 Å². The van der Waals surface area contributed by atoms with Gasteiger partial charge in [0.15, 0.2) is 0 Å². The van der Waals surface area contributed by atoms with Crippen LogP contribution in [0.1, 0.15) is 11.4 Å². The summed E-state index contributed by atoms with van der Waals surface area (Å²) in [5.74, 6) is 0. The van der Waals surface area contributed by atoms with Crippen molar-refractivity contribution in [3.63, 3.8) is 0 Å². The molecule has 0 atom stereocenters. The Morgan fingerprint density at radius 2 is 1.94 bits per heavy atom. The fourth-order valence-corrected chi connectivity index (χ4v) is 2.34. The Balaban J connectivity index is 1.91. The second-order valence-electron chi connectivity index (χ2n) is 4.16. The first-order valence-corrected chi connectivity index (χ1v) is 6.76. The number of hydrogen-bond acceptors (Lipinski definition) is 3. The molecule has 16 heavy (non-hydrogen) atoms. The van der Waals surface area contributed by atoms with E-state index in [-0.39, 0.29) is 0 Å². The van der Waals surface area contributed by atoms with Gasteiger partial charge in [0.05, 0.1) is 29.0 Å². The van der Waals surface area contributed by atoms with Crippen LogP contribution in [0.25, 0.3) is 0 Å². The Bertz CT molecular complexity index is 358. The van der Waals surface area contributed by atoms with Crippen LogP contribution in [0.4, 0.5) is 0 Å². The maximum atomic E-state index is 5.33. The van der Waals surface area contributed by atoms with Gasteiger partial charge in [0, 0.05) is 25.3 Å². The molecule has 1 fully saturated rings. The van der Waals surface area contributed by atoms with Gasteiger partial charge in [-0.05, 0) is 36.4 Å². The number of aryl methyl sites for hydroxylation is 1. The topological polar surface area (TPSA) is 30.3 Å². The molecule has 0 spiro atoms. The second kappa shape index (κ2) is 5.46. The van der Waals surface area contributed by atoms with Gasteiger partial charge in [0.2, 0.25) is 0 Å². The fraction of sp³-hybridized carbons (Fsp3) is 0.727. The largest absolute Gasteiger partial charge is 0.379 e. The third-order valence-electron chi connectivity index (χ3n) is 3.02. The third kappa shape index (κ3) is 2.75. The first-order chi connectivity index (χ1) is 7.68. The highest BCUT2D eigenvalue weighted by Crippen LogP contribution is 2.15. The van der Waals surface area contributed by atoms with Gasteiger partial charge in [-0.25, -0.2) is 0 Å². The number of nitrogens with zero attached hydrogens (tertiary/aromatic N) is 3. The Labute approximate surface area is 110 Å². The van der Waals surface area contributed by atoms with Crippen molar-refractivity contribution in [1.82, 2.24) is 14.7 Å². The molecule has 0 bridgehead atoms. The van der Waals surface area contributed by atoms with Gasteiger partial charge in [0.25, 0.3) is 0 Å². The summed E-state index contributed by atoms with van der Waals surface area (Å²) in [6, 6.07) is 0. The van der Waals surface area contributed by atoms with Crippen LogP contribution in [0.15, 0.2) is 0 Å². The molecule has 0 unspecified atom stereocenters. The van der Waals surface area contributed by atoms with Gasteiger partial charge in [-0.3, -0.25) is 9.58 Å². The van der Waals surface area contributed by atoms with E-state index in [1.807, 2.05) is 0 Å². The zero-order valence-corrected chi connectivity index (χ0v) is 12.0. The summed E-state index contributed by atoms with van der Waals surface area (Å²) in [6.07, 6.45) is 0. The predicted octanol–water partition coefficient (Wildman–Crippen LogP) is 1.44. The highest BCUT2D eigenvalue weighted by atomic mass is 127. The molecular weight excluding hydrogens is 317 g/mol. The van der Waals surface area contributed by atoms with Crippen LogP contribution in [-0.2, 0) is 11.3 Å². The minimum atomic E-state index is 0.870. The van der Waals surface area contributed by atoms with Crippen molar-refractivity contribution in [1.29, 1.82) is 0 Å². The quantitative estimate of drug-likeness (QED) is 0.783. The molecule has 0 N–H and O–H groups in total. The number of hydrogen-bond donors (Lipinski definition) is 0. The molecule has 2 rings (SSSR count). The van der Waals surface area contributed by atoms with E-state index in [0.29, 0.717) is 0 Å². The van der Waals surface area contributed by atoms with E-state index < -0.39 is 0 Å². The smallest absolute Gasteiger partial charge is 0.0729 e. The van der Waals surface area contributed by atoms with Crippen molar-refractivity contribution in [2.45, 2.75) is 20.4 Å². The molecule has 1 aliphatic heterocycles. The lowest BCUT2D eigenvalue weighted by molar-refractivity contribution is 0.0359. The Hall–Kier alpha value is -0.140. The summed E-state index contributed by atoms with van der Waals surface area (Å²) in [4.78, 5) is 2.44. The van der Waals surface area contributed by atoms with Crippen molar-refractivity contribution in [3.8, 4) is 0 Å². The zero-order valence-electron chi connectivity index (χ0n) is 9.87. The monoisotopic (exact) mass is 335 g/mol. The molecule has 90 valence electrons. The number of morpholine rings is 1. The zero-order chi connectivity index (χ0) is 11.5. The number of aromatic nitrogens is 2. The molecule has 0 amide bonds. The third-order valence-corrected chi connectivity index (χ3v) is 4.59. The lowest BCUT2D eigenvalue weighted by atomic mass is 10.4. The van der Waals surface area contributed by atoms with E-state index in [0.717, 1.165) is 45.1 Å². The average Bonchev–Trinajstić information content (AvgIpc) is 2.56. The molecule has 1 aromatic rings. The summed E-state index contributed by atoms with van der Waals surface area (Å²) in [5.41, 5.74) is 2.42. The lowest BCUT2D eigenvalue weighted by Crippen LogP contribution is -2.38. The maximum Gasteiger partial charge on any atom is 0.0729 e. The van der Waals surface area contributed by atoms with E-state index in [1.54, 1.807) is 0 Å². The summed E-state index contributed by atoms with van der Waals surface area (Å²) < 4.78 is 8.74. The van der Waals surface area contributed by atoms with Crippen LogP contribution < -0.4 is 0 Å². The number of halogens is 1. The van der Waals surface area contributed by atoms with Crippen molar-refractivity contribution in [2.75, 3.05) is 32.8 Å². The van der Waals surface area contributed by atoms with Crippen molar-refractivity contribution in [2.24, 2.45) is 0 Å². The molecule has 1 saturated heterocycles. The minimum Gasteiger partial charge on any atom is -0.379 e. The van der Waals surface area contributed by atoms with Crippen LogP contribution in [-0.4, -0.2) is 47.5 Å². The molecular formula is C11H18IN3O. The van der Waals surface area contributed by atoms with Crippen molar-refractivity contribution < 1.29 is 4.74 Å². The standard InChI is InChI=1S/C11H18IN3O/c1-9-11(12)10(2)15(13-9)4-3-14-5-7-16-8-6-14/h3-8H2,1-2H3. The van der Waals surface area contributed by atoms with Gasteiger partial charge in [0.1, 0.15) is 0 Å². The molecule has 2 heterocycles. The lowest BCUT2D eigenvalue weighted by Gasteiger charge is -2.26. The normalized spacial score (nSPS) is 17.9. The van der Waals surface area contributed by atoms with Crippen LogP contribution in [0.2, 0.25) is 0 Å². The van der Waals surface area contributed by atoms with E-state index in [2.05, 4.69) is 51.1 Å². The molecule has 0 saturated carbocycles. The Morgan fingerprint density at radius 1 is 1.25 bits per heavy atom. The van der Waals surface area contributed by atoms with E-state index in [4.69, 9.17) is 4.74 Å². The average molecular weight is 335 g/mol. The van der Waals surface area contributed by atoms with Gasteiger partial charge in [-0.15, -0.1) is 0 Å². The molecule has 0 aromatic carbocycles. The molecule has 0 radical (unpaired) electrons. The first kappa shape index (κ1) is 12.3. The summed E-state index contributed by atoms with van der Waals surface area (Å²) >= 11 is 2.37. The second-order valence-corrected chi connectivity index (χ2v) is 5.24. The van der Waals surface area contributed by atoms with Crippen molar-refractivity contribution >= 4 is 22.6 Å². The summed E-state index contributed by atoms with van der Waals surface area (Å²) in [6.45, 7) is 10.1. The highest BCUT2D eigenvalue weighted by Gasteiger charge is 2.12. The maximum absolute atomic E-state index is 5.33. The minimum absolute atomic E-state index is 0.870. The van der Waals surface area contributed by atoms with Crippen LogP contribution in [0, 0.1) is 17.4 Å². The SMILES string of the molecule is Cc1nn(CCN2CCOCC2)c(C)c1I. The molecule has 5 heteroatoms. The molecule has 0 aliphatic carbocycles. The number of rotatable bonds is 3. The van der Waals surface area contributed by atoms with Crippen LogP contribution in [0.3, 0.4) is 0 Å².